The monoisotopic (exact) mass is 276 g/mol. The molecule has 0 aliphatic heterocycles. The van der Waals surface area contributed by atoms with Gasteiger partial charge in [0.2, 0.25) is 0 Å². The molecule has 4 heteroatoms. The first-order valence-electron chi connectivity index (χ1n) is 4.77. The summed E-state index contributed by atoms with van der Waals surface area (Å²) in [5.74, 6) is 0.886. The van der Waals surface area contributed by atoms with Gasteiger partial charge in [0, 0.05) is 10.9 Å². The number of halogens is 1. The summed E-state index contributed by atoms with van der Waals surface area (Å²) >= 11 is 5.13. The molecule has 2 nitrogen and oxygen atoms in total. The van der Waals surface area contributed by atoms with E-state index in [1.807, 2.05) is 6.07 Å². The van der Waals surface area contributed by atoms with Crippen LogP contribution in [0.25, 0.3) is 0 Å². The van der Waals surface area contributed by atoms with E-state index in [0.717, 1.165) is 3.79 Å². The van der Waals surface area contributed by atoms with Crippen LogP contribution in [0.15, 0.2) is 15.9 Å². The van der Waals surface area contributed by atoms with Gasteiger partial charge in [0.1, 0.15) is 0 Å². The molecule has 1 aromatic heterocycles. The number of thiophene rings is 1. The van der Waals surface area contributed by atoms with E-state index >= 15 is 0 Å². The largest absolute Gasteiger partial charge is 0.330 e. The molecular weight excluding hydrogens is 260 g/mol. The topological polar surface area (TPSA) is 52.0 Å². The van der Waals surface area contributed by atoms with Crippen molar-refractivity contribution < 1.29 is 0 Å². The van der Waals surface area contributed by atoms with Gasteiger partial charge in [0.05, 0.1) is 3.79 Å². The van der Waals surface area contributed by atoms with E-state index in [1.54, 1.807) is 11.3 Å². The number of rotatable bonds is 4. The Kier molecular flexibility index (Phi) is 4.57. The van der Waals surface area contributed by atoms with Gasteiger partial charge < -0.3 is 11.5 Å². The van der Waals surface area contributed by atoms with E-state index in [9.17, 15) is 0 Å². The molecule has 0 aromatic carbocycles. The molecule has 80 valence electrons. The summed E-state index contributed by atoms with van der Waals surface area (Å²) in [6.45, 7) is 4.98. The fourth-order valence-electron chi connectivity index (χ4n) is 1.55. The van der Waals surface area contributed by atoms with E-state index in [1.165, 1.54) is 4.88 Å². The second-order valence-corrected chi connectivity index (χ2v) is 6.31. The first-order valence-corrected chi connectivity index (χ1v) is 6.38. The first-order chi connectivity index (χ1) is 6.56. The average molecular weight is 277 g/mol. The van der Waals surface area contributed by atoms with Crippen LogP contribution in [0, 0.1) is 11.8 Å². The normalized spacial score (nSPS) is 15.9. The zero-order chi connectivity index (χ0) is 10.7. The predicted molar refractivity (Wildman–Crippen MR) is 66.3 cm³/mol. The lowest BCUT2D eigenvalue weighted by atomic mass is 9.88. The van der Waals surface area contributed by atoms with Crippen molar-refractivity contribution in [1.82, 2.24) is 0 Å². The van der Waals surface area contributed by atoms with Crippen LogP contribution in [-0.2, 0) is 0 Å². The van der Waals surface area contributed by atoms with Crippen molar-refractivity contribution in [2.75, 3.05) is 6.54 Å². The van der Waals surface area contributed by atoms with Gasteiger partial charge >= 0.3 is 0 Å². The second-order valence-electron chi connectivity index (χ2n) is 3.81. The molecule has 0 radical (unpaired) electrons. The van der Waals surface area contributed by atoms with E-state index < -0.39 is 0 Å². The van der Waals surface area contributed by atoms with Gasteiger partial charge in [-0.3, -0.25) is 0 Å². The maximum absolute atomic E-state index is 6.17. The summed E-state index contributed by atoms with van der Waals surface area (Å²) in [5.41, 5.74) is 11.9. The summed E-state index contributed by atoms with van der Waals surface area (Å²) in [6, 6.07) is 4.18. The molecule has 0 saturated carbocycles. The van der Waals surface area contributed by atoms with Crippen LogP contribution in [0.2, 0.25) is 0 Å². The lowest BCUT2D eigenvalue weighted by Gasteiger charge is -2.24. The Balaban J connectivity index is 2.77. The summed E-state index contributed by atoms with van der Waals surface area (Å²) in [5, 5.41) is 0. The Morgan fingerprint density at radius 1 is 1.43 bits per heavy atom. The fraction of sp³-hybridized carbons (Fsp3) is 0.600. The number of hydrogen-bond donors (Lipinski definition) is 2. The molecule has 0 fully saturated rings. The average Bonchev–Trinajstić information content (AvgIpc) is 2.52. The van der Waals surface area contributed by atoms with Crippen molar-refractivity contribution in [3.05, 3.63) is 20.8 Å². The number of nitrogens with two attached hydrogens (primary N) is 2. The van der Waals surface area contributed by atoms with Gasteiger partial charge in [-0.15, -0.1) is 11.3 Å². The minimum Gasteiger partial charge on any atom is -0.330 e. The van der Waals surface area contributed by atoms with Crippen molar-refractivity contribution in [2.24, 2.45) is 23.3 Å². The van der Waals surface area contributed by atoms with Gasteiger partial charge in [-0.25, -0.2) is 0 Å². The Morgan fingerprint density at radius 2 is 2.07 bits per heavy atom. The minimum atomic E-state index is 0.0660. The van der Waals surface area contributed by atoms with Gasteiger partial charge in [-0.1, -0.05) is 13.8 Å². The molecule has 1 heterocycles. The van der Waals surface area contributed by atoms with Crippen molar-refractivity contribution in [3.8, 4) is 0 Å². The predicted octanol–water partition coefficient (Wildman–Crippen LogP) is 2.74. The molecule has 4 N–H and O–H groups in total. The minimum absolute atomic E-state index is 0.0660. The number of hydrogen-bond acceptors (Lipinski definition) is 3. The highest BCUT2D eigenvalue weighted by Crippen LogP contribution is 2.32. The molecule has 1 aromatic rings. The maximum atomic E-state index is 6.17. The Bertz CT molecular complexity index is 285. The van der Waals surface area contributed by atoms with Crippen molar-refractivity contribution in [2.45, 2.75) is 19.9 Å². The van der Waals surface area contributed by atoms with Crippen LogP contribution < -0.4 is 11.5 Å². The molecule has 0 aliphatic carbocycles. The molecule has 14 heavy (non-hydrogen) atoms. The molecule has 0 aliphatic rings. The quantitative estimate of drug-likeness (QED) is 0.889. The zero-order valence-electron chi connectivity index (χ0n) is 8.53. The van der Waals surface area contributed by atoms with Crippen LogP contribution in [-0.4, -0.2) is 6.54 Å². The third-order valence-corrected chi connectivity index (χ3v) is 4.24. The lowest BCUT2D eigenvalue weighted by molar-refractivity contribution is 0.334. The van der Waals surface area contributed by atoms with Crippen LogP contribution in [0.3, 0.4) is 0 Å². The molecule has 2 atom stereocenters. The summed E-state index contributed by atoms with van der Waals surface area (Å²) in [7, 11) is 0. The van der Waals surface area contributed by atoms with Crippen LogP contribution >= 0.6 is 27.3 Å². The standard InChI is InChI=1S/C10H17BrN2S/c1-6(2)7(5-12)10(13)8-3-4-9(11)14-8/h3-4,6-7,10H,5,12-13H2,1-2H3. The second kappa shape index (κ2) is 5.26. The molecule has 0 saturated heterocycles. The van der Waals surface area contributed by atoms with Gasteiger partial charge in [0.15, 0.2) is 0 Å². The smallest absolute Gasteiger partial charge is 0.0701 e. The zero-order valence-corrected chi connectivity index (χ0v) is 10.9. The van der Waals surface area contributed by atoms with Gasteiger partial charge in [-0.05, 0) is 46.4 Å². The van der Waals surface area contributed by atoms with E-state index in [2.05, 4.69) is 35.8 Å². The fourth-order valence-corrected chi connectivity index (χ4v) is 3.05. The first kappa shape index (κ1) is 12.2. The van der Waals surface area contributed by atoms with Gasteiger partial charge in [-0.2, -0.15) is 0 Å². The maximum Gasteiger partial charge on any atom is 0.0701 e. The van der Waals surface area contributed by atoms with Gasteiger partial charge in [0.25, 0.3) is 0 Å². The SMILES string of the molecule is CC(C)C(CN)C(N)c1ccc(Br)s1. The van der Waals surface area contributed by atoms with E-state index in [4.69, 9.17) is 11.5 Å². The van der Waals surface area contributed by atoms with Crippen molar-refractivity contribution >= 4 is 27.3 Å². The van der Waals surface area contributed by atoms with E-state index in [-0.39, 0.29) is 6.04 Å². The van der Waals surface area contributed by atoms with Crippen LogP contribution in [0.1, 0.15) is 24.8 Å². The highest BCUT2D eigenvalue weighted by molar-refractivity contribution is 9.11. The lowest BCUT2D eigenvalue weighted by Crippen LogP contribution is -2.31. The third kappa shape index (κ3) is 2.79. The van der Waals surface area contributed by atoms with Crippen molar-refractivity contribution in [1.29, 1.82) is 0 Å². The van der Waals surface area contributed by atoms with Crippen LogP contribution in [0.4, 0.5) is 0 Å². The van der Waals surface area contributed by atoms with E-state index in [0.29, 0.717) is 18.4 Å². The molecule has 1 rings (SSSR count). The third-order valence-electron chi connectivity index (χ3n) is 2.51. The molecule has 0 spiro atoms. The molecule has 2 unspecified atom stereocenters. The molecule has 0 amide bonds. The Labute approximate surface area is 97.8 Å². The Hall–Kier alpha value is 0.1000. The van der Waals surface area contributed by atoms with Crippen LogP contribution in [0.5, 0.6) is 0 Å². The van der Waals surface area contributed by atoms with Crippen molar-refractivity contribution in [3.63, 3.8) is 0 Å². The highest BCUT2D eigenvalue weighted by atomic mass is 79.9. The molecular formula is C10H17BrN2S. The summed E-state index contributed by atoms with van der Waals surface area (Å²) < 4.78 is 1.13. The Morgan fingerprint density at radius 3 is 2.43 bits per heavy atom. The summed E-state index contributed by atoms with van der Waals surface area (Å²) in [4.78, 5) is 1.21. The molecule has 0 bridgehead atoms. The highest BCUT2D eigenvalue weighted by Gasteiger charge is 2.22. The summed E-state index contributed by atoms with van der Waals surface area (Å²) in [6.07, 6.45) is 0.